The van der Waals surface area contributed by atoms with Crippen LogP contribution in [0.15, 0.2) is 91.0 Å². The van der Waals surface area contributed by atoms with E-state index in [1.54, 1.807) is 18.2 Å². The van der Waals surface area contributed by atoms with Crippen LogP contribution in [0.4, 0.5) is 13.2 Å². The monoisotopic (exact) mass is 614 g/mol. The third kappa shape index (κ3) is 13.3. The van der Waals surface area contributed by atoms with E-state index in [4.69, 9.17) is 21.4 Å². The summed E-state index contributed by atoms with van der Waals surface area (Å²) in [5, 5.41) is 7.80. The van der Waals surface area contributed by atoms with Crippen molar-refractivity contribution in [2.45, 2.75) is 40.3 Å². The third-order valence-corrected chi connectivity index (χ3v) is 6.30. The van der Waals surface area contributed by atoms with Crippen molar-refractivity contribution in [2.75, 3.05) is 14.2 Å². The molecule has 43 heavy (non-hydrogen) atoms. The van der Waals surface area contributed by atoms with Crippen LogP contribution in [0.2, 0.25) is 5.02 Å². The summed E-state index contributed by atoms with van der Waals surface area (Å²) < 4.78 is 42.7. The molecule has 0 radical (unpaired) electrons. The molecule has 0 aromatic heterocycles. The second kappa shape index (κ2) is 18.6. The number of alkyl halides is 3. The van der Waals surface area contributed by atoms with Gasteiger partial charge in [-0.3, -0.25) is 4.79 Å². The van der Waals surface area contributed by atoms with Crippen molar-refractivity contribution in [1.29, 1.82) is 0 Å². The molecule has 1 unspecified atom stereocenters. The number of carbonyl (C=O) groups excluding carboxylic acids is 2. The molecular weight excluding hydrogens is 577 g/mol. The molecule has 230 valence electrons. The average molecular weight is 615 g/mol. The van der Waals surface area contributed by atoms with Crippen molar-refractivity contribution in [3.8, 4) is 16.9 Å². The number of aliphatic hydroxyl groups is 1. The molecule has 0 saturated heterocycles. The largest absolute Gasteiger partial charge is 0.496 e. The second-order valence-electron chi connectivity index (χ2n) is 9.65. The molecule has 0 spiro atoms. The van der Waals surface area contributed by atoms with Gasteiger partial charge in [0.1, 0.15) is 12.0 Å². The standard InChI is InChI=1S/C16H13F3O2.C11H14O.C7H7Cl.CH4O/c1-10(20)14-9-12(5-8-15(14)21-2)11-3-6-13(7-4-11)16(17,18)19;1-9-3-5-11(6-4-9)7-10(2)8-12;1-6-2-4-7(8)5-3-6;1-2/h3-9H,1-2H3;3-6,8,10H,7H2,1-2H3;2-5H,1H3;2H,1H3. The lowest BCUT2D eigenvalue weighted by atomic mass is 9.99. The molecule has 0 heterocycles. The predicted molar refractivity (Wildman–Crippen MR) is 168 cm³/mol. The van der Waals surface area contributed by atoms with E-state index in [0.29, 0.717) is 22.4 Å². The highest BCUT2D eigenvalue weighted by atomic mass is 35.5. The number of rotatable bonds is 6. The lowest BCUT2D eigenvalue weighted by molar-refractivity contribution is -0.137. The van der Waals surface area contributed by atoms with Gasteiger partial charge in [-0.25, -0.2) is 0 Å². The van der Waals surface area contributed by atoms with Crippen molar-refractivity contribution in [1.82, 2.24) is 0 Å². The fourth-order valence-corrected chi connectivity index (χ4v) is 3.82. The van der Waals surface area contributed by atoms with Gasteiger partial charge < -0.3 is 14.6 Å². The number of methoxy groups -OCH3 is 1. The van der Waals surface area contributed by atoms with Crippen molar-refractivity contribution in [2.24, 2.45) is 5.92 Å². The fourth-order valence-electron chi connectivity index (χ4n) is 3.69. The maximum atomic E-state index is 12.5. The van der Waals surface area contributed by atoms with Gasteiger partial charge in [-0.05, 0) is 80.3 Å². The smallest absolute Gasteiger partial charge is 0.416 e. The van der Waals surface area contributed by atoms with E-state index < -0.39 is 11.7 Å². The van der Waals surface area contributed by atoms with Crippen LogP contribution in [-0.2, 0) is 17.4 Å². The molecule has 4 nitrogen and oxygen atoms in total. The first-order chi connectivity index (χ1) is 20.3. The Morgan fingerprint density at radius 2 is 1.35 bits per heavy atom. The molecule has 0 saturated carbocycles. The van der Waals surface area contributed by atoms with Gasteiger partial charge in [0, 0.05) is 18.1 Å². The quantitative estimate of drug-likeness (QED) is 0.174. The molecule has 4 rings (SSSR count). The van der Waals surface area contributed by atoms with E-state index >= 15 is 0 Å². The summed E-state index contributed by atoms with van der Waals surface area (Å²) in [6.07, 6.45) is -2.51. The van der Waals surface area contributed by atoms with Gasteiger partial charge >= 0.3 is 6.18 Å². The predicted octanol–water partition coefficient (Wildman–Crippen LogP) is 9.21. The van der Waals surface area contributed by atoms with E-state index in [2.05, 4.69) is 31.2 Å². The van der Waals surface area contributed by atoms with Crippen molar-refractivity contribution in [3.05, 3.63) is 124 Å². The molecule has 4 aromatic rings. The van der Waals surface area contributed by atoms with Crippen LogP contribution in [0.1, 0.15) is 46.5 Å². The number of ketones is 1. The van der Waals surface area contributed by atoms with Gasteiger partial charge in [-0.15, -0.1) is 0 Å². The molecule has 0 aliphatic rings. The van der Waals surface area contributed by atoms with Gasteiger partial charge in [0.25, 0.3) is 0 Å². The van der Waals surface area contributed by atoms with Gasteiger partial charge in [-0.2, -0.15) is 13.2 Å². The number of aldehydes is 1. The highest BCUT2D eigenvalue weighted by Crippen LogP contribution is 2.32. The Labute approximate surface area is 257 Å². The lowest BCUT2D eigenvalue weighted by Crippen LogP contribution is -2.04. The normalized spacial score (nSPS) is 10.9. The number of hydrogen-bond acceptors (Lipinski definition) is 4. The molecule has 4 aromatic carbocycles. The lowest BCUT2D eigenvalue weighted by Gasteiger charge is -2.10. The number of carbonyl (C=O) groups is 2. The average Bonchev–Trinajstić information content (AvgIpc) is 3.00. The maximum absolute atomic E-state index is 12.5. The Morgan fingerprint density at radius 3 is 1.77 bits per heavy atom. The molecule has 0 amide bonds. The summed E-state index contributed by atoms with van der Waals surface area (Å²) in [4.78, 5) is 21.9. The zero-order valence-electron chi connectivity index (χ0n) is 25.2. The topological polar surface area (TPSA) is 63.6 Å². The maximum Gasteiger partial charge on any atom is 0.416 e. The Bertz CT molecular complexity index is 1380. The summed E-state index contributed by atoms with van der Waals surface area (Å²) >= 11 is 5.61. The summed E-state index contributed by atoms with van der Waals surface area (Å²) in [6.45, 7) is 7.45. The second-order valence-corrected chi connectivity index (χ2v) is 10.1. The molecule has 1 N–H and O–H groups in total. The molecule has 8 heteroatoms. The van der Waals surface area contributed by atoms with Gasteiger partial charge in [0.15, 0.2) is 5.78 Å². The number of Topliss-reactive ketones (excluding diaryl/α,β-unsaturated/α-hetero) is 1. The summed E-state index contributed by atoms with van der Waals surface area (Å²) in [5.74, 6) is 0.409. The number of aliphatic hydroxyl groups excluding tert-OH is 1. The van der Waals surface area contributed by atoms with E-state index in [1.165, 1.54) is 42.9 Å². The summed E-state index contributed by atoms with van der Waals surface area (Å²) in [7, 11) is 2.46. The first kappa shape index (κ1) is 37.1. The van der Waals surface area contributed by atoms with Crippen molar-refractivity contribution < 1.29 is 32.6 Å². The number of ether oxygens (including phenoxy) is 1. The first-order valence-corrected chi connectivity index (χ1v) is 13.8. The number of aryl methyl sites for hydroxylation is 2. The van der Waals surface area contributed by atoms with Crippen LogP contribution in [0.5, 0.6) is 5.75 Å². The van der Waals surface area contributed by atoms with Gasteiger partial charge in [0.05, 0.1) is 18.2 Å². The Hall–Kier alpha value is -3.94. The van der Waals surface area contributed by atoms with Crippen LogP contribution in [0, 0.1) is 19.8 Å². The van der Waals surface area contributed by atoms with Crippen LogP contribution in [0.3, 0.4) is 0 Å². The van der Waals surface area contributed by atoms with Crippen molar-refractivity contribution >= 4 is 23.7 Å². The molecule has 0 bridgehead atoms. The zero-order valence-corrected chi connectivity index (χ0v) is 26.0. The van der Waals surface area contributed by atoms with Crippen LogP contribution in [-0.4, -0.2) is 31.4 Å². The third-order valence-electron chi connectivity index (χ3n) is 6.05. The fraction of sp³-hybridized carbons (Fsp3) is 0.257. The van der Waals surface area contributed by atoms with Crippen LogP contribution in [0.25, 0.3) is 11.1 Å². The van der Waals surface area contributed by atoms with E-state index in [9.17, 15) is 22.8 Å². The van der Waals surface area contributed by atoms with E-state index in [0.717, 1.165) is 37.0 Å². The minimum atomic E-state index is -4.36. The Kier molecular flexibility index (Phi) is 16.0. The van der Waals surface area contributed by atoms with E-state index in [-0.39, 0.29) is 11.7 Å². The molecule has 0 aliphatic carbocycles. The molecular formula is C35H38ClF3O4. The Morgan fingerprint density at radius 1 is 0.860 bits per heavy atom. The SMILES string of the molecule is CO.COc1ccc(-c2ccc(C(F)(F)F)cc2)cc1C(C)=O.Cc1ccc(CC(C)C=O)cc1.Cc1ccc(Cl)cc1. The molecule has 0 aliphatic heterocycles. The minimum absolute atomic E-state index is 0.132. The van der Waals surface area contributed by atoms with Gasteiger partial charge in [0.2, 0.25) is 0 Å². The minimum Gasteiger partial charge on any atom is -0.496 e. The van der Waals surface area contributed by atoms with Crippen LogP contribution >= 0.6 is 11.6 Å². The molecule has 1 atom stereocenters. The number of hydrogen-bond donors (Lipinski definition) is 1. The summed E-state index contributed by atoms with van der Waals surface area (Å²) in [6, 6.07) is 25.8. The number of halogens is 4. The Balaban J connectivity index is 0.000000353. The van der Waals surface area contributed by atoms with E-state index in [1.807, 2.05) is 38.1 Å². The highest BCUT2D eigenvalue weighted by Gasteiger charge is 2.30. The highest BCUT2D eigenvalue weighted by molar-refractivity contribution is 6.30. The van der Waals surface area contributed by atoms with Gasteiger partial charge in [-0.1, -0.05) is 84.2 Å². The first-order valence-electron chi connectivity index (χ1n) is 13.4. The summed E-state index contributed by atoms with van der Waals surface area (Å²) in [5.41, 5.74) is 4.71. The van der Waals surface area contributed by atoms with Crippen molar-refractivity contribution in [3.63, 3.8) is 0 Å². The van der Waals surface area contributed by atoms with Crippen LogP contribution < -0.4 is 4.74 Å². The zero-order chi connectivity index (χ0) is 32.6. The number of benzene rings is 4. The molecule has 0 fully saturated rings.